The second-order valence-electron chi connectivity index (χ2n) is 10.6. The van der Waals surface area contributed by atoms with Crippen molar-refractivity contribution in [3.63, 3.8) is 0 Å². The second-order valence-corrected chi connectivity index (χ2v) is 10.6. The Morgan fingerprint density at radius 2 is 1.91 bits per heavy atom. The van der Waals surface area contributed by atoms with Crippen LogP contribution in [-0.4, -0.2) is 20.1 Å². The lowest BCUT2D eigenvalue weighted by molar-refractivity contribution is 0.172. The molecule has 0 fully saturated rings. The van der Waals surface area contributed by atoms with E-state index in [0.717, 1.165) is 78.1 Å². The van der Waals surface area contributed by atoms with Crippen molar-refractivity contribution in [2.45, 2.75) is 63.7 Å². The highest BCUT2D eigenvalue weighted by Gasteiger charge is 2.50. The van der Waals surface area contributed by atoms with Crippen LogP contribution in [0.3, 0.4) is 0 Å². The maximum Gasteiger partial charge on any atom is 0.160 e. The van der Waals surface area contributed by atoms with Crippen LogP contribution in [0.4, 0.5) is 4.39 Å². The monoisotopic (exact) mass is 466 g/mol. The third-order valence-corrected chi connectivity index (χ3v) is 8.68. The van der Waals surface area contributed by atoms with Gasteiger partial charge in [-0.25, -0.2) is 14.4 Å². The minimum absolute atomic E-state index is 0.209. The van der Waals surface area contributed by atoms with Gasteiger partial charge >= 0.3 is 0 Å². The summed E-state index contributed by atoms with van der Waals surface area (Å²) in [6.45, 7) is 4.56. The van der Waals surface area contributed by atoms with Crippen molar-refractivity contribution in [1.29, 1.82) is 0 Å². The smallest absolute Gasteiger partial charge is 0.160 e. The van der Waals surface area contributed by atoms with Crippen molar-refractivity contribution in [3.05, 3.63) is 82.4 Å². The van der Waals surface area contributed by atoms with Crippen molar-refractivity contribution >= 4 is 0 Å². The number of pyridine rings is 1. The maximum absolute atomic E-state index is 15.2. The van der Waals surface area contributed by atoms with E-state index in [9.17, 15) is 0 Å². The summed E-state index contributed by atoms with van der Waals surface area (Å²) >= 11 is 0. The van der Waals surface area contributed by atoms with Crippen molar-refractivity contribution in [1.82, 2.24) is 20.1 Å². The number of rotatable bonds is 2. The summed E-state index contributed by atoms with van der Waals surface area (Å²) in [7, 11) is 0. The molecule has 3 aliphatic rings. The van der Waals surface area contributed by atoms with Crippen LogP contribution in [0.1, 0.15) is 66.4 Å². The topological polar surface area (TPSA) is 64.7 Å². The van der Waals surface area contributed by atoms with Crippen LogP contribution in [0.15, 0.2) is 47.2 Å². The molecule has 0 saturated carbocycles. The predicted octanol–water partition coefficient (Wildman–Crippen LogP) is 6.00. The number of nitrogens with zero attached hydrogens (tertiary/aromatic N) is 4. The summed E-state index contributed by atoms with van der Waals surface area (Å²) < 4.78 is 20.8. The fraction of sp³-hybridized carbons (Fsp3) is 0.379. The molecular weight excluding hydrogens is 439 g/mol. The first-order valence-electron chi connectivity index (χ1n) is 12.6. The van der Waals surface area contributed by atoms with Gasteiger partial charge in [-0.3, -0.25) is 4.98 Å². The van der Waals surface area contributed by atoms with E-state index in [2.05, 4.69) is 24.0 Å². The van der Waals surface area contributed by atoms with Crippen LogP contribution in [-0.2, 0) is 31.1 Å². The second kappa shape index (κ2) is 7.54. The van der Waals surface area contributed by atoms with Gasteiger partial charge in [-0.1, -0.05) is 31.1 Å². The Kier molecular flexibility index (Phi) is 4.51. The maximum atomic E-state index is 15.2. The molecule has 0 amide bonds. The van der Waals surface area contributed by atoms with Crippen molar-refractivity contribution in [2.75, 3.05) is 0 Å². The fourth-order valence-electron chi connectivity index (χ4n) is 7.03. The molecule has 7 rings (SSSR count). The Hall–Kier alpha value is -3.41. The number of fused-ring (bicyclic) bond motifs is 5. The molecule has 0 N–H and O–H groups in total. The third kappa shape index (κ3) is 2.98. The third-order valence-electron chi connectivity index (χ3n) is 8.68. The van der Waals surface area contributed by atoms with Crippen molar-refractivity contribution in [2.24, 2.45) is 5.92 Å². The standard InChI is InChI=1S/C29H27FN4O/c1-16-22-11-10-21-25(20-6-3-4-8-23(20)30)33-28(19-12-13-31-24-9-5-7-18(19)24)34-27(21)29(22,2)14-17-15-32-35-26(16)17/h3-4,6,8,12-13,15-16,22H,5,7,9-11,14H2,1-2H3/t16-,22-,29-/m1/s1. The SMILES string of the molecule is C[C@H]1c2oncc2C[C@@]2(C)c3nc(-c4ccnc5c4CCC5)nc(-c4ccccc4F)c3CC[C@H]12. The van der Waals surface area contributed by atoms with Gasteiger partial charge in [0.05, 0.1) is 17.6 Å². The first-order valence-corrected chi connectivity index (χ1v) is 12.6. The summed E-state index contributed by atoms with van der Waals surface area (Å²) in [6.07, 6.45) is 9.41. The molecule has 0 aliphatic heterocycles. The molecule has 6 heteroatoms. The van der Waals surface area contributed by atoms with Gasteiger partial charge in [0.25, 0.3) is 0 Å². The van der Waals surface area contributed by atoms with Gasteiger partial charge in [-0.15, -0.1) is 0 Å². The number of aryl methyl sites for hydroxylation is 1. The first-order chi connectivity index (χ1) is 17.0. The Morgan fingerprint density at radius 1 is 1.03 bits per heavy atom. The molecule has 0 radical (unpaired) electrons. The highest BCUT2D eigenvalue weighted by molar-refractivity contribution is 5.71. The molecule has 0 bridgehead atoms. The van der Waals surface area contributed by atoms with Gasteiger partial charge in [0, 0.05) is 45.5 Å². The zero-order valence-electron chi connectivity index (χ0n) is 20.0. The molecule has 0 spiro atoms. The van der Waals surface area contributed by atoms with Gasteiger partial charge in [0.2, 0.25) is 0 Å². The average molecular weight is 467 g/mol. The molecule has 3 heterocycles. The highest BCUT2D eigenvalue weighted by Crippen LogP contribution is 2.54. The number of aromatic nitrogens is 4. The largest absolute Gasteiger partial charge is 0.361 e. The average Bonchev–Trinajstić information content (AvgIpc) is 3.53. The first kappa shape index (κ1) is 20.9. The molecule has 1 aromatic carbocycles. The number of hydrogen-bond donors (Lipinski definition) is 0. The summed E-state index contributed by atoms with van der Waals surface area (Å²) in [5.74, 6) is 2.07. The number of hydrogen-bond acceptors (Lipinski definition) is 5. The lowest BCUT2D eigenvalue weighted by Gasteiger charge is -2.47. The minimum atomic E-state index is -0.245. The summed E-state index contributed by atoms with van der Waals surface area (Å²) in [4.78, 5) is 15.0. The van der Waals surface area contributed by atoms with E-state index in [1.54, 1.807) is 6.07 Å². The van der Waals surface area contributed by atoms with Crippen LogP contribution < -0.4 is 0 Å². The normalized spacial score (nSPS) is 24.4. The van der Waals surface area contributed by atoms with Crippen molar-refractivity contribution < 1.29 is 8.91 Å². The van der Waals surface area contributed by atoms with Crippen LogP contribution in [0, 0.1) is 11.7 Å². The Morgan fingerprint density at radius 3 is 2.80 bits per heavy atom. The van der Waals surface area contributed by atoms with Crippen LogP contribution >= 0.6 is 0 Å². The van der Waals surface area contributed by atoms with E-state index in [0.29, 0.717) is 17.3 Å². The van der Waals surface area contributed by atoms with E-state index in [1.807, 2.05) is 30.6 Å². The molecule has 3 aromatic heterocycles. The summed E-state index contributed by atoms with van der Waals surface area (Å²) in [5.41, 5.74) is 7.78. The molecule has 3 atom stereocenters. The zero-order chi connectivity index (χ0) is 23.7. The quantitative estimate of drug-likeness (QED) is 0.362. The predicted molar refractivity (Wildman–Crippen MR) is 130 cm³/mol. The fourth-order valence-corrected chi connectivity index (χ4v) is 7.03. The van der Waals surface area contributed by atoms with Gasteiger partial charge in [-0.2, -0.15) is 0 Å². The molecule has 3 aliphatic carbocycles. The zero-order valence-corrected chi connectivity index (χ0v) is 20.0. The number of halogens is 1. The van der Waals surface area contributed by atoms with Gasteiger partial charge in [0.1, 0.15) is 11.6 Å². The number of benzene rings is 1. The van der Waals surface area contributed by atoms with Crippen LogP contribution in [0.5, 0.6) is 0 Å². The van der Waals surface area contributed by atoms with E-state index in [1.165, 1.54) is 11.6 Å². The molecule has 35 heavy (non-hydrogen) atoms. The molecule has 0 unspecified atom stereocenters. The van der Waals surface area contributed by atoms with Gasteiger partial charge < -0.3 is 4.52 Å². The van der Waals surface area contributed by atoms with E-state index in [-0.39, 0.29) is 17.2 Å². The van der Waals surface area contributed by atoms with Gasteiger partial charge in [0.15, 0.2) is 5.82 Å². The van der Waals surface area contributed by atoms with E-state index in [4.69, 9.17) is 14.5 Å². The Bertz CT molecular complexity index is 1480. The Labute approximate surface area is 203 Å². The summed E-state index contributed by atoms with van der Waals surface area (Å²) in [6, 6.07) is 9.01. The molecule has 176 valence electrons. The van der Waals surface area contributed by atoms with Gasteiger partial charge in [-0.05, 0) is 68.2 Å². The van der Waals surface area contributed by atoms with E-state index < -0.39 is 0 Å². The van der Waals surface area contributed by atoms with Crippen LogP contribution in [0.25, 0.3) is 22.6 Å². The summed E-state index contributed by atoms with van der Waals surface area (Å²) in [5, 5.41) is 4.12. The van der Waals surface area contributed by atoms with Crippen LogP contribution in [0.2, 0.25) is 0 Å². The molecule has 5 nitrogen and oxygen atoms in total. The highest BCUT2D eigenvalue weighted by atomic mass is 19.1. The lowest BCUT2D eigenvalue weighted by Crippen LogP contribution is -2.45. The van der Waals surface area contributed by atoms with E-state index >= 15 is 4.39 Å². The molecule has 4 aromatic rings. The molecular formula is C29H27FN4O. The lowest BCUT2D eigenvalue weighted by atomic mass is 9.56. The molecule has 0 saturated heterocycles. The Balaban J connectivity index is 1.50. The minimum Gasteiger partial charge on any atom is -0.361 e. The van der Waals surface area contributed by atoms with Crippen molar-refractivity contribution in [3.8, 4) is 22.6 Å².